The summed E-state index contributed by atoms with van der Waals surface area (Å²) in [5, 5.41) is 0. The Morgan fingerprint density at radius 3 is 2.33 bits per heavy atom. The lowest BCUT2D eigenvalue weighted by atomic mass is 10.5. The zero-order valence-electron chi connectivity index (χ0n) is 6.10. The number of halogens is 1. The average molecular weight is 164 g/mol. The third-order valence-corrected chi connectivity index (χ3v) is 2.14. The standard InChI is InChI=1S/C6H14ClNSi/c1-3-8(4-2)5-6-9-7/h5-6H,3-4,9H2,1-2H3. The van der Waals surface area contributed by atoms with Crippen molar-refractivity contribution in [3.63, 3.8) is 0 Å². The van der Waals surface area contributed by atoms with Crippen molar-refractivity contribution in [3.8, 4) is 0 Å². The molecule has 0 N–H and O–H groups in total. The van der Waals surface area contributed by atoms with Gasteiger partial charge in [0, 0.05) is 13.1 Å². The van der Waals surface area contributed by atoms with Gasteiger partial charge >= 0.3 is 0 Å². The van der Waals surface area contributed by atoms with E-state index < -0.39 is 8.83 Å². The molecule has 0 spiro atoms. The molecule has 0 aromatic heterocycles. The summed E-state index contributed by atoms with van der Waals surface area (Å²) in [6, 6.07) is 0. The van der Waals surface area contributed by atoms with E-state index in [1.165, 1.54) is 0 Å². The highest BCUT2D eigenvalue weighted by atomic mass is 35.6. The van der Waals surface area contributed by atoms with Crippen molar-refractivity contribution in [2.24, 2.45) is 0 Å². The summed E-state index contributed by atoms with van der Waals surface area (Å²) in [6.07, 6.45) is 2.10. The molecule has 0 aliphatic heterocycles. The van der Waals surface area contributed by atoms with Gasteiger partial charge < -0.3 is 4.90 Å². The van der Waals surface area contributed by atoms with Crippen LogP contribution < -0.4 is 0 Å². The number of nitrogens with zero attached hydrogens (tertiary/aromatic N) is 1. The molecule has 0 aliphatic carbocycles. The van der Waals surface area contributed by atoms with Gasteiger partial charge in [0.25, 0.3) is 0 Å². The molecule has 0 bridgehead atoms. The highest BCUT2D eigenvalue weighted by Crippen LogP contribution is 1.87. The minimum Gasteiger partial charge on any atom is -0.379 e. The van der Waals surface area contributed by atoms with Crippen LogP contribution in [0.1, 0.15) is 13.8 Å². The van der Waals surface area contributed by atoms with Gasteiger partial charge in [0.15, 0.2) is 0 Å². The molecular formula is C6H14ClNSi. The summed E-state index contributed by atoms with van der Waals surface area (Å²) in [5.74, 6) is 0. The predicted octanol–water partition coefficient (Wildman–Crippen LogP) is 1.12. The Labute approximate surface area is 64.2 Å². The molecule has 0 saturated heterocycles. The van der Waals surface area contributed by atoms with Gasteiger partial charge in [0.2, 0.25) is 0 Å². The van der Waals surface area contributed by atoms with Crippen molar-refractivity contribution in [1.29, 1.82) is 0 Å². The van der Waals surface area contributed by atoms with Gasteiger partial charge in [-0.1, -0.05) is 5.70 Å². The molecule has 0 heterocycles. The van der Waals surface area contributed by atoms with Crippen LogP contribution in [0.4, 0.5) is 0 Å². The smallest absolute Gasteiger partial charge is 0.150 e. The van der Waals surface area contributed by atoms with Crippen molar-refractivity contribution < 1.29 is 0 Å². The van der Waals surface area contributed by atoms with Crippen molar-refractivity contribution in [2.45, 2.75) is 13.8 Å². The van der Waals surface area contributed by atoms with Crippen molar-refractivity contribution in [3.05, 3.63) is 11.9 Å². The molecule has 0 unspecified atom stereocenters. The van der Waals surface area contributed by atoms with E-state index >= 15 is 0 Å². The van der Waals surface area contributed by atoms with Crippen molar-refractivity contribution in [1.82, 2.24) is 4.90 Å². The molecule has 0 aromatic carbocycles. The van der Waals surface area contributed by atoms with Crippen LogP contribution in [-0.4, -0.2) is 26.8 Å². The molecule has 0 aliphatic rings. The summed E-state index contributed by atoms with van der Waals surface area (Å²) in [5.41, 5.74) is 2.09. The molecule has 0 rings (SSSR count). The molecule has 3 heteroatoms. The maximum atomic E-state index is 5.58. The monoisotopic (exact) mass is 163 g/mol. The second-order valence-electron chi connectivity index (χ2n) is 1.76. The lowest BCUT2D eigenvalue weighted by Gasteiger charge is -2.13. The average Bonchev–Trinajstić information content (AvgIpc) is 1.91. The van der Waals surface area contributed by atoms with E-state index in [2.05, 4.69) is 30.6 Å². The van der Waals surface area contributed by atoms with Gasteiger partial charge in [-0.3, -0.25) is 0 Å². The Balaban J connectivity index is 3.41. The maximum absolute atomic E-state index is 5.58. The summed E-state index contributed by atoms with van der Waals surface area (Å²) < 4.78 is 0. The minimum atomic E-state index is -0.397. The third-order valence-electron chi connectivity index (χ3n) is 1.22. The van der Waals surface area contributed by atoms with Crippen LogP contribution in [0.5, 0.6) is 0 Å². The summed E-state index contributed by atoms with van der Waals surface area (Å²) in [4.78, 5) is 2.23. The molecule has 0 saturated carbocycles. The van der Waals surface area contributed by atoms with Gasteiger partial charge in [0.05, 0.1) is 0 Å². The molecule has 0 aromatic rings. The lowest BCUT2D eigenvalue weighted by molar-refractivity contribution is 0.419. The Kier molecular flexibility index (Phi) is 6.20. The van der Waals surface area contributed by atoms with Gasteiger partial charge in [-0.2, -0.15) is 11.1 Å². The van der Waals surface area contributed by atoms with Gasteiger partial charge in [0.1, 0.15) is 8.83 Å². The highest BCUT2D eigenvalue weighted by molar-refractivity contribution is 6.96. The second-order valence-corrected chi connectivity index (χ2v) is 3.47. The number of rotatable bonds is 4. The Morgan fingerprint density at radius 1 is 1.44 bits per heavy atom. The first-order chi connectivity index (χ1) is 4.35. The van der Waals surface area contributed by atoms with Crippen LogP contribution in [0.25, 0.3) is 0 Å². The summed E-state index contributed by atoms with van der Waals surface area (Å²) >= 11 is 5.58. The first kappa shape index (κ1) is 9.05. The van der Waals surface area contributed by atoms with Gasteiger partial charge in [-0.05, 0) is 20.0 Å². The molecule has 0 fully saturated rings. The number of hydrogen-bond acceptors (Lipinski definition) is 1. The van der Waals surface area contributed by atoms with Crippen LogP contribution >= 0.6 is 11.1 Å². The fourth-order valence-electron chi connectivity index (χ4n) is 0.623. The largest absolute Gasteiger partial charge is 0.379 e. The lowest BCUT2D eigenvalue weighted by Crippen LogP contribution is -2.15. The fourth-order valence-corrected chi connectivity index (χ4v) is 1.24. The summed E-state index contributed by atoms with van der Waals surface area (Å²) in [7, 11) is -0.397. The second kappa shape index (κ2) is 6.17. The zero-order valence-corrected chi connectivity index (χ0v) is 8.27. The number of hydrogen-bond donors (Lipinski definition) is 0. The summed E-state index contributed by atoms with van der Waals surface area (Å²) in [6.45, 7) is 6.45. The van der Waals surface area contributed by atoms with Crippen LogP contribution in [0, 0.1) is 0 Å². The molecule has 54 valence electrons. The highest BCUT2D eigenvalue weighted by Gasteiger charge is 1.86. The molecule has 9 heavy (non-hydrogen) atoms. The van der Waals surface area contributed by atoms with E-state index in [1.807, 2.05) is 0 Å². The molecular weight excluding hydrogens is 150 g/mol. The van der Waals surface area contributed by atoms with Crippen molar-refractivity contribution in [2.75, 3.05) is 13.1 Å². The van der Waals surface area contributed by atoms with Crippen LogP contribution in [-0.2, 0) is 0 Å². The zero-order chi connectivity index (χ0) is 7.11. The third kappa shape index (κ3) is 4.54. The van der Waals surface area contributed by atoms with Gasteiger partial charge in [-0.25, -0.2) is 0 Å². The normalized spacial score (nSPS) is 11.9. The topological polar surface area (TPSA) is 3.24 Å². The van der Waals surface area contributed by atoms with Crippen LogP contribution in [0.2, 0.25) is 0 Å². The Hall–Kier alpha value is 0.0469. The van der Waals surface area contributed by atoms with E-state index in [9.17, 15) is 0 Å². The predicted molar refractivity (Wildman–Crippen MR) is 46.5 cm³/mol. The van der Waals surface area contributed by atoms with E-state index in [-0.39, 0.29) is 0 Å². The Bertz CT molecular complexity index is 81.1. The van der Waals surface area contributed by atoms with Crippen LogP contribution in [0.15, 0.2) is 11.9 Å². The van der Waals surface area contributed by atoms with Crippen LogP contribution in [0.3, 0.4) is 0 Å². The minimum absolute atomic E-state index is 0.397. The van der Waals surface area contributed by atoms with E-state index in [4.69, 9.17) is 11.1 Å². The first-order valence-electron chi connectivity index (χ1n) is 3.31. The van der Waals surface area contributed by atoms with E-state index in [1.54, 1.807) is 0 Å². The molecule has 0 atom stereocenters. The molecule has 0 amide bonds. The SMILES string of the molecule is CCN(C=C[SiH2]Cl)CC. The van der Waals surface area contributed by atoms with Crippen molar-refractivity contribution >= 4 is 19.9 Å². The van der Waals surface area contributed by atoms with E-state index in [0.717, 1.165) is 13.1 Å². The quantitative estimate of drug-likeness (QED) is 0.444. The fraction of sp³-hybridized carbons (Fsp3) is 0.667. The maximum Gasteiger partial charge on any atom is 0.150 e. The molecule has 0 radical (unpaired) electrons. The van der Waals surface area contributed by atoms with Gasteiger partial charge in [-0.15, -0.1) is 0 Å². The van der Waals surface area contributed by atoms with E-state index in [0.29, 0.717) is 0 Å². The Morgan fingerprint density at radius 2 is 2.00 bits per heavy atom. The molecule has 1 nitrogen and oxygen atoms in total. The first-order valence-corrected chi connectivity index (χ1v) is 6.27.